The number of urea groups is 1. The molecule has 0 aliphatic heterocycles. The van der Waals surface area contributed by atoms with Gasteiger partial charge >= 0.3 is 6.03 Å². The first-order chi connectivity index (χ1) is 13.3. The summed E-state index contributed by atoms with van der Waals surface area (Å²) in [5, 5.41) is 11.9. The van der Waals surface area contributed by atoms with Crippen molar-refractivity contribution in [3.05, 3.63) is 0 Å². The van der Waals surface area contributed by atoms with E-state index in [4.69, 9.17) is 0 Å². The van der Waals surface area contributed by atoms with Gasteiger partial charge in [-0.1, -0.05) is 76.5 Å². The van der Waals surface area contributed by atoms with Gasteiger partial charge in [0, 0.05) is 18.8 Å². The molecule has 7 heteroatoms. The highest BCUT2D eigenvalue weighted by Crippen LogP contribution is 2.30. The predicted molar refractivity (Wildman–Crippen MR) is 123 cm³/mol. The molecule has 0 aliphatic rings. The molecular weight excluding hydrogens is 388 g/mol. The largest absolute Gasteiger partial charge is 0.325 e. The molecule has 1 aromatic heterocycles. The van der Waals surface area contributed by atoms with Gasteiger partial charge in [0.15, 0.2) is 4.34 Å². The van der Waals surface area contributed by atoms with E-state index in [9.17, 15) is 4.79 Å². The lowest BCUT2D eigenvalue weighted by Gasteiger charge is -2.17. The van der Waals surface area contributed by atoms with E-state index in [1.165, 1.54) is 49.9 Å². The number of nitrogens with zero attached hydrogens (tertiary/aromatic N) is 3. The van der Waals surface area contributed by atoms with Crippen molar-refractivity contribution < 1.29 is 4.79 Å². The summed E-state index contributed by atoms with van der Waals surface area (Å²) in [7, 11) is 0. The van der Waals surface area contributed by atoms with Crippen LogP contribution < -0.4 is 5.32 Å². The zero-order valence-electron chi connectivity index (χ0n) is 18.7. The van der Waals surface area contributed by atoms with Crippen LogP contribution in [0.3, 0.4) is 0 Å². The van der Waals surface area contributed by atoms with Gasteiger partial charge in [0.25, 0.3) is 0 Å². The summed E-state index contributed by atoms with van der Waals surface area (Å²) in [6.07, 6.45) is 7.86. The van der Waals surface area contributed by atoms with E-state index in [0.717, 1.165) is 27.8 Å². The number of rotatable bonds is 14. The van der Waals surface area contributed by atoms with Crippen LogP contribution in [0.5, 0.6) is 0 Å². The number of thioether (sulfide) groups is 1. The van der Waals surface area contributed by atoms with E-state index in [1.807, 2.05) is 13.8 Å². The summed E-state index contributed by atoms with van der Waals surface area (Å²) < 4.78 is 0.951. The molecular formula is C21H40N4OS2. The Morgan fingerprint density at radius 3 is 2.25 bits per heavy atom. The molecule has 0 spiro atoms. The van der Waals surface area contributed by atoms with Crippen LogP contribution in [0.25, 0.3) is 0 Å². The van der Waals surface area contributed by atoms with Gasteiger partial charge in [0.05, 0.1) is 0 Å². The first-order valence-corrected chi connectivity index (χ1v) is 12.7. The maximum absolute atomic E-state index is 12.1. The number of carbonyl (C=O) groups excluding carboxylic acids is 1. The molecule has 1 rings (SSSR count). The molecule has 1 unspecified atom stereocenters. The summed E-state index contributed by atoms with van der Waals surface area (Å²) in [6, 6.07) is -0.0994. The van der Waals surface area contributed by atoms with Crippen molar-refractivity contribution in [1.82, 2.24) is 15.1 Å². The molecule has 0 saturated carbocycles. The molecule has 1 aromatic rings. The van der Waals surface area contributed by atoms with E-state index >= 15 is 0 Å². The second-order valence-corrected chi connectivity index (χ2v) is 10.5. The molecule has 0 aromatic carbocycles. The number of nitrogens with one attached hydrogen (secondary N) is 1. The van der Waals surface area contributed by atoms with Crippen LogP contribution in [0.1, 0.15) is 80.1 Å². The van der Waals surface area contributed by atoms with Crippen LogP contribution in [0, 0.1) is 17.8 Å². The van der Waals surface area contributed by atoms with Gasteiger partial charge in [-0.15, -0.1) is 10.2 Å². The first kappa shape index (κ1) is 25.2. The van der Waals surface area contributed by atoms with Gasteiger partial charge in [0.2, 0.25) is 5.13 Å². The van der Waals surface area contributed by atoms with Gasteiger partial charge in [-0.25, -0.2) is 4.79 Å². The first-order valence-electron chi connectivity index (χ1n) is 10.9. The fraction of sp³-hybridized carbons (Fsp3) is 0.857. The minimum atomic E-state index is -0.0994. The molecule has 0 fully saturated rings. The van der Waals surface area contributed by atoms with Gasteiger partial charge in [0.1, 0.15) is 0 Å². The third-order valence-corrected chi connectivity index (χ3v) is 7.11. The lowest BCUT2D eigenvalue weighted by Crippen LogP contribution is -2.34. The highest BCUT2D eigenvalue weighted by molar-refractivity contribution is 8.01. The second kappa shape index (κ2) is 14.2. The fourth-order valence-corrected chi connectivity index (χ4v) is 5.01. The lowest BCUT2D eigenvalue weighted by atomic mass is 9.93. The van der Waals surface area contributed by atoms with Crippen molar-refractivity contribution in [2.75, 3.05) is 24.2 Å². The molecule has 0 bridgehead atoms. The minimum Gasteiger partial charge on any atom is -0.325 e. The Hall–Kier alpha value is -0.820. The fourth-order valence-electron chi connectivity index (χ4n) is 3.05. The van der Waals surface area contributed by atoms with Crippen LogP contribution in [0.2, 0.25) is 0 Å². The summed E-state index contributed by atoms with van der Waals surface area (Å²) in [6.45, 7) is 14.5. The van der Waals surface area contributed by atoms with Crippen molar-refractivity contribution in [1.29, 1.82) is 0 Å². The summed E-state index contributed by atoms with van der Waals surface area (Å²) >= 11 is 3.27. The molecule has 0 aliphatic carbocycles. The van der Waals surface area contributed by atoms with Crippen LogP contribution in [0.15, 0.2) is 4.34 Å². The van der Waals surface area contributed by atoms with E-state index < -0.39 is 0 Å². The van der Waals surface area contributed by atoms with Crippen LogP contribution >= 0.6 is 23.1 Å². The number of hydrogen-bond acceptors (Lipinski definition) is 5. The maximum Gasteiger partial charge on any atom is 0.323 e. The maximum atomic E-state index is 12.1. The second-order valence-electron chi connectivity index (χ2n) is 8.30. The van der Waals surface area contributed by atoms with Crippen molar-refractivity contribution in [3.63, 3.8) is 0 Å². The number of hydrogen-bond donors (Lipinski definition) is 1. The van der Waals surface area contributed by atoms with Gasteiger partial charge in [-0.05, 0) is 44.4 Å². The molecule has 0 saturated heterocycles. The monoisotopic (exact) mass is 428 g/mol. The molecule has 1 atom stereocenters. The Morgan fingerprint density at radius 1 is 1.00 bits per heavy atom. The van der Waals surface area contributed by atoms with Crippen LogP contribution in [0.4, 0.5) is 9.93 Å². The van der Waals surface area contributed by atoms with Crippen LogP contribution in [-0.4, -0.2) is 40.0 Å². The van der Waals surface area contributed by atoms with Gasteiger partial charge in [-0.2, -0.15) is 0 Å². The predicted octanol–water partition coefficient (Wildman–Crippen LogP) is 6.77. The zero-order valence-corrected chi connectivity index (χ0v) is 20.3. The summed E-state index contributed by atoms with van der Waals surface area (Å²) in [5.41, 5.74) is 0. The zero-order chi connectivity index (χ0) is 20.9. The molecule has 5 nitrogen and oxygen atoms in total. The van der Waals surface area contributed by atoms with E-state index in [2.05, 4.69) is 43.2 Å². The summed E-state index contributed by atoms with van der Waals surface area (Å²) in [4.78, 5) is 13.9. The molecule has 1 heterocycles. The number of aromatic nitrogens is 2. The minimum absolute atomic E-state index is 0.0994. The standard InChI is InChI=1S/C21H40N4OS2/c1-7-25(8-2)20(26)22-19-23-24-21(28-19)27-15-18(14-13-17(5)6)12-10-9-11-16(3)4/h16-18H,7-15H2,1-6H3,(H,22,23,26). The van der Waals surface area contributed by atoms with E-state index in [-0.39, 0.29) is 6.03 Å². The number of unbranched alkanes of at least 4 members (excludes halogenated alkanes) is 1. The van der Waals surface area contributed by atoms with Crippen molar-refractivity contribution >= 4 is 34.3 Å². The molecule has 28 heavy (non-hydrogen) atoms. The molecule has 0 radical (unpaired) electrons. The Bertz CT molecular complexity index is 544. The Kier molecular flexibility index (Phi) is 12.8. The molecule has 162 valence electrons. The Balaban J connectivity index is 2.49. The van der Waals surface area contributed by atoms with Gasteiger partial charge < -0.3 is 4.90 Å². The Morgan fingerprint density at radius 2 is 1.64 bits per heavy atom. The quantitative estimate of drug-likeness (QED) is 0.202. The average molecular weight is 429 g/mol. The highest BCUT2D eigenvalue weighted by Gasteiger charge is 2.15. The lowest BCUT2D eigenvalue weighted by molar-refractivity contribution is 0.217. The van der Waals surface area contributed by atoms with E-state index in [0.29, 0.717) is 18.2 Å². The number of anilines is 1. The topological polar surface area (TPSA) is 58.1 Å². The summed E-state index contributed by atoms with van der Waals surface area (Å²) in [5.74, 6) is 3.38. The van der Waals surface area contributed by atoms with Crippen molar-refractivity contribution in [2.24, 2.45) is 17.8 Å². The third-order valence-electron chi connectivity index (χ3n) is 4.91. The Labute approximate surface area is 180 Å². The smallest absolute Gasteiger partial charge is 0.323 e. The normalized spacial score (nSPS) is 12.6. The molecule has 1 N–H and O–H groups in total. The van der Waals surface area contributed by atoms with Crippen molar-refractivity contribution in [3.8, 4) is 0 Å². The SMILES string of the molecule is CCN(CC)C(=O)Nc1nnc(SCC(CCCCC(C)C)CCC(C)C)s1. The van der Waals surface area contributed by atoms with Crippen LogP contribution in [-0.2, 0) is 0 Å². The third kappa shape index (κ3) is 10.6. The van der Waals surface area contributed by atoms with Gasteiger partial charge in [-0.3, -0.25) is 5.32 Å². The van der Waals surface area contributed by atoms with Crippen molar-refractivity contribution in [2.45, 2.75) is 84.4 Å². The molecule has 2 amide bonds. The number of amides is 2. The van der Waals surface area contributed by atoms with E-state index in [1.54, 1.807) is 16.7 Å². The number of carbonyl (C=O) groups is 1. The average Bonchev–Trinajstić information content (AvgIpc) is 3.08. The highest BCUT2D eigenvalue weighted by atomic mass is 32.2.